The summed E-state index contributed by atoms with van der Waals surface area (Å²) < 4.78 is 6.00. The molecule has 0 amide bonds. The summed E-state index contributed by atoms with van der Waals surface area (Å²) in [5.74, 6) is 1.02. The van der Waals surface area contributed by atoms with Gasteiger partial charge >= 0.3 is 0 Å². The minimum atomic E-state index is 0.177. The predicted octanol–water partition coefficient (Wildman–Crippen LogP) is 4.19. The van der Waals surface area contributed by atoms with Gasteiger partial charge in [0.05, 0.1) is 6.04 Å². The SMILES string of the molecule is Cc1c(C(C)NCC(C)(C)CCCO)oc2ccccc12. The van der Waals surface area contributed by atoms with E-state index < -0.39 is 0 Å². The van der Waals surface area contributed by atoms with Crippen LogP contribution in [0.4, 0.5) is 0 Å². The standard InChI is InChI=1S/C18H27NO2/c1-13-15-8-5-6-9-16(15)21-17(13)14(2)19-12-18(3,4)10-7-11-20/h5-6,8-9,14,19-20H,7,10-12H2,1-4H3. The Bertz CT molecular complexity index is 586. The number of rotatable bonds is 7. The van der Waals surface area contributed by atoms with E-state index in [1.807, 2.05) is 18.2 Å². The summed E-state index contributed by atoms with van der Waals surface area (Å²) in [6.07, 6.45) is 1.87. The van der Waals surface area contributed by atoms with Crippen LogP contribution in [0.5, 0.6) is 0 Å². The first-order valence-corrected chi connectivity index (χ1v) is 7.77. The third-order valence-electron chi connectivity index (χ3n) is 4.17. The van der Waals surface area contributed by atoms with Crippen LogP contribution >= 0.6 is 0 Å². The van der Waals surface area contributed by atoms with E-state index in [1.54, 1.807) is 0 Å². The Kier molecular flexibility index (Phi) is 5.07. The third kappa shape index (κ3) is 3.86. The summed E-state index contributed by atoms with van der Waals surface area (Å²) in [7, 11) is 0. The van der Waals surface area contributed by atoms with Gasteiger partial charge in [-0.1, -0.05) is 32.0 Å². The second-order valence-electron chi connectivity index (χ2n) is 6.68. The number of aryl methyl sites for hydroxylation is 1. The lowest BCUT2D eigenvalue weighted by atomic mass is 9.87. The number of hydrogen-bond acceptors (Lipinski definition) is 3. The van der Waals surface area contributed by atoms with E-state index >= 15 is 0 Å². The van der Waals surface area contributed by atoms with Gasteiger partial charge in [0.25, 0.3) is 0 Å². The van der Waals surface area contributed by atoms with Crippen molar-refractivity contribution in [2.24, 2.45) is 5.41 Å². The summed E-state index contributed by atoms with van der Waals surface area (Å²) >= 11 is 0. The maximum atomic E-state index is 8.97. The Morgan fingerprint density at radius 3 is 2.67 bits per heavy atom. The van der Waals surface area contributed by atoms with Gasteiger partial charge in [-0.15, -0.1) is 0 Å². The highest BCUT2D eigenvalue weighted by Crippen LogP contribution is 2.30. The van der Waals surface area contributed by atoms with Crippen molar-refractivity contribution in [2.45, 2.75) is 46.6 Å². The van der Waals surface area contributed by atoms with Crippen molar-refractivity contribution in [2.75, 3.05) is 13.2 Å². The Hall–Kier alpha value is -1.32. The highest BCUT2D eigenvalue weighted by Gasteiger charge is 2.21. The van der Waals surface area contributed by atoms with Crippen LogP contribution in [0.15, 0.2) is 28.7 Å². The normalized spacial score (nSPS) is 13.8. The maximum absolute atomic E-state index is 8.97. The molecule has 0 fully saturated rings. The number of hydrogen-bond donors (Lipinski definition) is 2. The second kappa shape index (κ2) is 6.63. The molecule has 2 N–H and O–H groups in total. The van der Waals surface area contributed by atoms with Gasteiger partial charge in [0, 0.05) is 18.5 Å². The van der Waals surface area contributed by atoms with E-state index in [9.17, 15) is 0 Å². The number of aliphatic hydroxyl groups is 1. The zero-order valence-corrected chi connectivity index (χ0v) is 13.6. The van der Waals surface area contributed by atoms with Gasteiger partial charge in [-0.3, -0.25) is 0 Å². The summed E-state index contributed by atoms with van der Waals surface area (Å²) in [5.41, 5.74) is 2.36. The smallest absolute Gasteiger partial charge is 0.134 e. The van der Waals surface area contributed by atoms with Gasteiger partial charge in [-0.2, -0.15) is 0 Å². The molecule has 1 aromatic heterocycles. The fourth-order valence-corrected chi connectivity index (χ4v) is 2.77. The summed E-state index contributed by atoms with van der Waals surface area (Å²) in [4.78, 5) is 0. The molecule has 3 nitrogen and oxygen atoms in total. The van der Waals surface area contributed by atoms with Gasteiger partial charge < -0.3 is 14.8 Å². The first-order chi connectivity index (χ1) is 9.94. The zero-order valence-electron chi connectivity index (χ0n) is 13.6. The minimum absolute atomic E-state index is 0.177. The second-order valence-corrected chi connectivity index (χ2v) is 6.68. The molecule has 0 bridgehead atoms. The van der Waals surface area contributed by atoms with Crippen LogP contribution in [0, 0.1) is 12.3 Å². The van der Waals surface area contributed by atoms with E-state index in [2.05, 4.69) is 39.1 Å². The molecule has 0 saturated carbocycles. The Morgan fingerprint density at radius 1 is 1.29 bits per heavy atom. The number of furan rings is 1. The number of aliphatic hydroxyl groups excluding tert-OH is 1. The van der Waals surface area contributed by atoms with Crippen molar-refractivity contribution in [3.05, 3.63) is 35.6 Å². The van der Waals surface area contributed by atoms with Crippen molar-refractivity contribution in [1.29, 1.82) is 0 Å². The van der Waals surface area contributed by atoms with Crippen LogP contribution in [-0.2, 0) is 0 Å². The van der Waals surface area contributed by atoms with Crippen molar-refractivity contribution in [3.8, 4) is 0 Å². The van der Waals surface area contributed by atoms with E-state index in [1.165, 1.54) is 10.9 Å². The van der Waals surface area contributed by atoms with Gasteiger partial charge in [0.1, 0.15) is 11.3 Å². The first kappa shape index (κ1) is 16.1. The van der Waals surface area contributed by atoms with Crippen LogP contribution in [0.2, 0.25) is 0 Å². The van der Waals surface area contributed by atoms with E-state index in [0.29, 0.717) is 0 Å². The van der Waals surface area contributed by atoms with Gasteiger partial charge in [0.2, 0.25) is 0 Å². The average Bonchev–Trinajstić information content (AvgIpc) is 2.81. The van der Waals surface area contributed by atoms with Crippen LogP contribution in [0.1, 0.15) is 51.0 Å². The molecular formula is C18H27NO2. The molecule has 0 saturated heterocycles. The molecule has 0 aliphatic carbocycles. The molecule has 3 heteroatoms. The van der Waals surface area contributed by atoms with E-state index in [4.69, 9.17) is 9.52 Å². The topological polar surface area (TPSA) is 45.4 Å². The number of para-hydroxylation sites is 1. The monoisotopic (exact) mass is 289 g/mol. The van der Waals surface area contributed by atoms with Gasteiger partial charge in [0.15, 0.2) is 0 Å². The molecule has 0 radical (unpaired) electrons. The number of fused-ring (bicyclic) bond motifs is 1. The number of benzene rings is 1. The molecule has 2 rings (SSSR count). The molecule has 1 atom stereocenters. The first-order valence-electron chi connectivity index (χ1n) is 7.77. The zero-order chi connectivity index (χ0) is 15.5. The summed E-state index contributed by atoms with van der Waals surface area (Å²) in [5, 5.41) is 13.7. The highest BCUT2D eigenvalue weighted by atomic mass is 16.3. The van der Waals surface area contributed by atoms with Gasteiger partial charge in [-0.05, 0) is 43.7 Å². The average molecular weight is 289 g/mol. The highest BCUT2D eigenvalue weighted by molar-refractivity contribution is 5.82. The van der Waals surface area contributed by atoms with E-state index in [0.717, 1.165) is 30.7 Å². The predicted molar refractivity (Wildman–Crippen MR) is 87.5 cm³/mol. The Morgan fingerprint density at radius 2 is 2.00 bits per heavy atom. The maximum Gasteiger partial charge on any atom is 0.134 e. The van der Waals surface area contributed by atoms with Crippen LogP contribution in [0.3, 0.4) is 0 Å². The Labute approximate surface area is 127 Å². The molecule has 0 spiro atoms. The molecule has 1 unspecified atom stereocenters. The minimum Gasteiger partial charge on any atom is -0.459 e. The molecule has 0 aliphatic heterocycles. The van der Waals surface area contributed by atoms with Crippen LogP contribution in [0.25, 0.3) is 11.0 Å². The lowest BCUT2D eigenvalue weighted by Crippen LogP contribution is -2.31. The van der Waals surface area contributed by atoms with Crippen LogP contribution < -0.4 is 5.32 Å². The molecule has 0 aliphatic rings. The quantitative estimate of drug-likeness (QED) is 0.803. The van der Waals surface area contributed by atoms with E-state index in [-0.39, 0.29) is 18.1 Å². The lowest BCUT2D eigenvalue weighted by Gasteiger charge is -2.26. The molecular weight excluding hydrogens is 262 g/mol. The molecule has 2 aromatic rings. The van der Waals surface area contributed by atoms with Crippen molar-refractivity contribution in [1.82, 2.24) is 5.32 Å². The third-order valence-corrected chi connectivity index (χ3v) is 4.17. The lowest BCUT2D eigenvalue weighted by molar-refractivity contribution is 0.231. The molecule has 1 heterocycles. The van der Waals surface area contributed by atoms with Crippen LogP contribution in [-0.4, -0.2) is 18.3 Å². The Balaban J connectivity index is 2.05. The number of nitrogens with one attached hydrogen (secondary N) is 1. The fourth-order valence-electron chi connectivity index (χ4n) is 2.77. The van der Waals surface area contributed by atoms with Crippen molar-refractivity contribution < 1.29 is 9.52 Å². The van der Waals surface area contributed by atoms with Crippen molar-refractivity contribution >= 4 is 11.0 Å². The summed E-state index contributed by atoms with van der Waals surface area (Å²) in [6, 6.07) is 8.36. The summed E-state index contributed by atoms with van der Waals surface area (Å²) in [6.45, 7) is 9.90. The molecule has 21 heavy (non-hydrogen) atoms. The van der Waals surface area contributed by atoms with Gasteiger partial charge in [-0.25, -0.2) is 0 Å². The largest absolute Gasteiger partial charge is 0.459 e. The molecule has 116 valence electrons. The van der Waals surface area contributed by atoms with Crippen molar-refractivity contribution in [3.63, 3.8) is 0 Å². The fraction of sp³-hybridized carbons (Fsp3) is 0.556. The molecule has 1 aromatic carbocycles.